The largest absolute Gasteiger partial charge is 0.416 e. The molecule has 0 aliphatic carbocycles. The molecule has 1 aliphatic rings. The molecule has 1 heterocycles. The molecular weight excluding hydrogens is 437 g/mol. The minimum Gasteiger partial charge on any atom is -0.366 e. The van der Waals surface area contributed by atoms with Crippen molar-refractivity contribution in [1.82, 2.24) is 19.8 Å². The van der Waals surface area contributed by atoms with Gasteiger partial charge in [-0.15, -0.1) is 0 Å². The average Bonchev–Trinajstić information content (AvgIpc) is 2.82. The Bertz CT molecular complexity index is 989. The minimum absolute atomic E-state index is 0.104. The maximum absolute atomic E-state index is 14.1. The van der Waals surface area contributed by atoms with Crippen molar-refractivity contribution in [3.63, 3.8) is 0 Å². The Morgan fingerprint density at radius 2 is 1.50 bits per heavy atom. The van der Waals surface area contributed by atoms with Crippen LogP contribution in [0.1, 0.15) is 43.1 Å². The van der Waals surface area contributed by atoms with E-state index in [1.54, 1.807) is 12.1 Å². The molecule has 0 bridgehead atoms. The summed E-state index contributed by atoms with van der Waals surface area (Å²) >= 11 is 0. The molecule has 2 unspecified atom stereocenters. The van der Waals surface area contributed by atoms with Crippen molar-refractivity contribution in [2.75, 3.05) is 27.2 Å². The molecule has 4 nitrogen and oxygen atoms in total. The summed E-state index contributed by atoms with van der Waals surface area (Å²) in [6, 6.07) is 15.7. The van der Waals surface area contributed by atoms with Crippen molar-refractivity contribution in [2.24, 2.45) is 0 Å². The van der Waals surface area contributed by atoms with E-state index in [1.165, 1.54) is 6.07 Å². The molecule has 3 rings (SSSR count). The molecule has 0 amide bonds. The van der Waals surface area contributed by atoms with Crippen LogP contribution in [0.5, 0.6) is 0 Å². The second kappa shape index (κ2) is 10.7. The van der Waals surface area contributed by atoms with E-state index in [2.05, 4.69) is 31.9 Å². The van der Waals surface area contributed by atoms with E-state index in [1.807, 2.05) is 59.3 Å². The van der Waals surface area contributed by atoms with Crippen LogP contribution in [0.2, 0.25) is 0 Å². The number of likely N-dealkylation sites (N-methyl/N-ethyl adjacent to an activating group) is 1. The maximum atomic E-state index is 14.1. The van der Waals surface area contributed by atoms with Crippen LogP contribution in [-0.2, 0) is 12.7 Å². The summed E-state index contributed by atoms with van der Waals surface area (Å²) in [4.78, 5) is 4.15. The third-order valence-corrected chi connectivity index (χ3v) is 6.48. The number of hydrazine groups is 1. The normalized spacial score (nSPS) is 21.4. The standard InChI is InChI=1S/C27H35F3N4/c1-7-17-33-20(2)18-31(5)32(6)26(24-15-11-12-16-25(24)27(28,29)30)34(22(4)21(33)3)19-23-13-9-8-10-14-23/h8-16,20,26H,3-4,7,17-19H2,1-2,5-6H3. The first-order valence-corrected chi connectivity index (χ1v) is 11.6. The zero-order valence-corrected chi connectivity index (χ0v) is 20.5. The Balaban J connectivity index is 2.22. The van der Waals surface area contributed by atoms with Crippen LogP contribution < -0.4 is 0 Å². The lowest BCUT2D eigenvalue weighted by atomic mass is 10.0. The van der Waals surface area contributed by atoms with Crippen molar-refractivity contribution < 1.29 is 13.2 Å². The van der Waals surface area contributed by atoms with Crippen molar-refractivity contribution in [3.05, 3.63) is 95.8 Å². The third-order valence-electron chi connectivity index (χ3n) is 6.48. The fraction of sp³-hybridized carbons (Fsp3) is 0.407. The molecule has 0 spiro atoms. The van der Waals surface area contributed by atoms with Crippen molar-refractivity contribution in [3.8, 4) is 0 Å². The van der Waals surface area contributed by atoms with Crippen LogP contribution in [0.4, 0.5) is 13.2 Å². The maximum Gasteiger partial charge on any atom is 0.416 e. The van der Waals surface area contributed by atoms with Gasteiger partial charge in [-0.3, -0.25) is 0 Å². The van der Waals surface area contributed by atoms with Crippen molar-refractivity contribution in [1.29, 1.82) is 0 Å². The number of alkyl halides is 3. The second-order valence-electron chi connectivity index (χ2n) is 8.92. The molecule has 0 N–H and O–H groups in total. The quantitative estimate of drug-likeness (QED) is 0.519. The van der Waals surface area contributed by atoms with E-state index >= 15 is 0 Å². The molecule has 1 fully saturated rings. The van der Waals surface area contributed by atoms with Gasteiger partial charge in [0.25, 0.3) is 0 Å². The van der Waals surface area contributed by atoms with Crippen LogP contribution in [-0.4, -0.2) is 53.0 Å². The summed E-state index contributed by atoms with van der Waals surface area (Å²) in [5.74, 6) is 0. The van der Waals surface area contributed by atoms with E-state index in [4.69, 9.17) is 0 Å². The van der Waals surface area contributed by atoms with E-state index in [-0.39, 0.29) is 11.6 Å². The highest BCUT2D eigenvalue weighted by Gasteiger charge is 2.40. The Morgan fingerprint density at radius 3 is 2.12 bits per heavy atom. The highest BCUT2D eigenvalue weighted by molar-refractivity contribution is 5.35. The predicted octanol–water partition coefficient (Wildman–Crippen LogP) is 6.13. The lowest BCUT2D eigenvalue weighted by Crippen LogP contribution is -2.48. The van der Waals surface area contributed by atoms with Gasteiger partial charge in [0.15, 0.2) is 0 Å². The van der Waals surface area contributed by atoms with Gasteiger partial charge in [-0.1, -0.05) is 68.6 Å². The number of halogens is 3. The predicted molar refractivity (Wildman–Crippen MR) is 131 cm³/mol. The van der Waals surface area contributed by atoms with Gasteiger partial charge in [0.1, 0.15) is 6.17 Å². The molecule has 1 saturated heterocycles. The summed E-state index contributed by atoms with van der Waals surface area (Å²) in [6.45, 7) is 14.8. The van der Waals surface area contributed by atoms with Crippen molar-refractivity contribution >= 4 is 0 Å². The van der Waals surface area contributed by atoms with Crippen LogP contribution >= 0.6 is 0 Å². The zero-order valence-electron chi connectivity index (χ0n) is 20.5. The first kappa shape index (κ1) is 25.8. The number of benzene rings is 2. The van der Waals surface area contributed by atoms with Gasteiger partial charge in [0, 0.05) is 45.3 Å². The van der Waals surface area contributed by atoms with Gasteiger partial charge in [0.2, 0.25) is 0 Å². The molecule has 2 aromatic carbocycles. The highest BCUT2D eigenvalue weighted by Crippen LogP contribution is 2.41. The number of hydrogen-bond donors (Lipinski definition) is 0. The van der Waals surface area contributed by atoms with Gasteiger partial charge in [-0.05, 0) is 25.0 Å². The highest BCUT2D eigenvalue weighted by atomic mass is 19.4. The fourth-order valence-corrected chi connectivity index (χ4v) is 4.65. The summed E-state index contributed by atoms with van der Waals surface area (Å²) in [5, 5.41) is 3.88. The van der Waals surface area contributed by atoms with Gasteiger partial charge >= 0.3 is 6.18 Å². The average molecular weight is 473 g/mol. The number of rotatable bonds is 5. The first-order chi connectivity index (χ1) is 16.1. The van der Waals surface area contributed by atoms with Crippen molar-refractivity contribution in [2.45, 2.75) is 45.2 Å². The summed E-state index contributed by atoms with van der Waals surface area (Å²) in [6.07, 6.45) is -4.29. The lowest BCUT2D eigenvalue weighted by Gasteiger charge is -2.44. The fourth-order valence-electron chi connectivity index (χ4n) is 4.65. The van der Waals surface area contributed by atoms with E-state index in [9.17, 15) is 13.2 Å². The summed E-state index contributed by atoms with van der Waals surface area (Å²) < 4.78 is 42.4. The topological polar surface area (TPSA) is 13.0 Å². The second-order valence-corrected chi connectivity index (χ2v) is 8.92. The lowest BCUT2D eigenvalue weighted by molar-refractivity contribution is -0.141. The Hall–Kier alpha value is -2.77. The molecule has 2 aromatic rings. The van der Waals surface area contributed by atoms with Crippen LogP contribution in [0.25, 0.3) is 0 Å². The number of nitrogens with zero attached hydrogens (tertiary/aromatic N) is 4. The Kier molecular flexibility index (Phi) is 8.10. The van der Waals surface area contributed by atoms with Crippen LogP contribution in [0.15, 0.2) is 79.1 Å². The first-order valence-electron chi connectivity index (χ1n) is 11.6. The van der Waals surface area contributed by atoms with Gasteiger partial charge in [-0.2, -0.15) is 13.2 Å². The molecular formula is C27H35F3N4. The molecule has 0 aromatic heterocycles. The monoisotopic (exact) mass is 472 g/mol. The van der Waals surface area contributed by atoms with Gasteiger partial charge < -0.3 is 9.80 Å². The van der Waals surface area contributed by atoms with E-state index < -0.39 is 17.9 Å². The molecule has 2 atom stereocenters. The summed E-state index contributed by atoms with van der Waals surface area (Å²) in [7, 11) is 3.76. The third kappa shape index (κ3) is 5.47. The van der Waals surface area contributed by atoms with Gasteiger partial charge in [0.05, 0.1) is 17.0 Å². The van der Waals surface area contributed by atoms with E-state index in [0.717, 1.165) is 30.3 Å². The molecule has 0 radical (unpaired) electrons. The molecule has 1 aliphatic heterocycles. The summed E-state index contributed by atoms with van der Waals surface area (Å²) in [5.41, 5.74) is 1.88. The van der Waals surface area contributed by atoms with Crippen LogP contribution in [0.3, 0.4) is 0 Å². The minimum atomic E-state index is -4.48. The van der Waals surface area contributed by atoms with E-state index in [0.29, 0.717) is 18.8 Å². The number of hydrogen-bond acceptors (Lipinski definition) is 4. The van der Waals surface area contributed by atoms with Crippen LogP contribution in [0, 0.1) is 0 Å². The molecule has 34 heavy (non-hydrogen) atoms. The smallest absolute Gasteiger partial charge is 0.366 e. The Morgan fingerprint density at radius 1 is 0.912 bits per heavy atom. The van der Waals surface area contributed by atoms with Gasteiger partial charge in [-0.25, -0.2) is 10.0 Å². The Labute approximate surface area is 201 Å². The zero-order chi connectivity index (χ0) is 25.0. The molecule has 7 heteroatoms. The molecule has 184 valence electrons. The SMILES string of the molecule is C=C1C(=C)N(Cc2ccccc2)C(c2ccccc2C(F)(F)F)N(C)N(C)CC(C)N1CCC. The molecule has 0 saturated carbocycles.